The number of amides is 1. The first kappa shape index (κ1) is 16.0. The third kappa shape index (κ3) is 3.56. The highest BCUT2D eigenvalue weighted by atomic mass is 16.2. The molecule has 1 saturated heterocycles. The van der Waals surface area contributed by atoms with E-state index in [-0.39, 0.29) is 11.9 Å². The van der Waals surface area contributed by atoms with Gasteiger partial charge in [-0.1, -0.05) is 50.2 Å². The van der Waals surface area contributed by atoms with Crippen molar-refractivity contribution in [3.8, 4) is 0 Å². The Morgan fingerprint density at radius 3 is 2.48 bits per heavy atom. The predicted octanol–water partition coefficient (Wildman–Crippen LogP) is 4.14. The zero-order valence-electron chi connectivity index (χ0n) is 14.3. The topological polar surface area (TPSA) is 32.3 Å². The van der Waals surface area contributed by atoms with Crippen molar-refractivity contribution in [2.45, 2.75) is 33.2 Å². The van der Waals surface area contributed by atoms with Crippen LogP contribution in [0.4, 0.5) is 5.69 Å². The molecule has 1 aliphatic heterocycles. The van der Waals surface area contributed by atoms with E-state index in [0.717, 1.165) is 29.5 Å². The van der Waals surface area contributed by atoms with Crippen molar-refractivity contribution in [2.75, 3.05) is 18.4 Å². The lowest BCUT2D eigenvalue weighted by molar-refractivity contribution is -0.121. The number of carbonyl (C=O) groups is 1. The van der Waals surface area contributed by atoms with Crippen molar-refractivity contribution >= 4 is 22.4 Å². The second-order valence-electron chi connectivity index (χ2n) is 7.09. The first-order valence-corrected chi connectivity index (χ1v) is 8.57. The van der Waals surface area contributed by atoms with Gasteiger partial charge in [0.2, 0.25) is 5.91 Å². The molecule has 122 valence electrons. The van der Waals surface area contributed by atoms with Crippen LogP contribution in [0.3, 0.4) is 0 Å². The number of nitrogens with one attached hydrogen (secondary N) is 1. The Morgan fingerprint density at radius 2 is 1.74 bits per heavy atom. The minimum Gasteiger partial charge on any atom is -0.324 e. The average Bonchev–Trinajstić information content (AvgIpc) is 2.53. The summed E-state index contributed by atoms with van der Waals surface area (Å²) in [4.78, 5) is 15.0. The minimum absolute atomic E-state index is 0.0858. The van der Waals surface area contributed by atoms with Gasteiger partial charge in [0.1, 0.15) is 0 Å². The van der Waals surface area contributed by atoms with Crippen molar-refractivity contribution in [2.24, 2.45) is 11.8 Å². The van der Waals surface area contributed by atoms with E-state index in [1.165, 1.54) is 6.42 Å². The molecule has 2 aromatic carbocycles. The van der Waals surface area contributed by atoms with E-state index in [1.807, 2.05) is 31.2 Å². The van der Waals surface area contributed by atoms with Crippen LogP contribution in [0, 0.1) is 11.8 Å². The Bertz CT molecular complexity index is 682. The number of likely N-dealkylation sites (tertiary alicyclic amines) is 1. The number of piperidine rings is 1. The van der Waals surface area contributed by atoms with Crippen molar-refractivity contribution < 1.29 is 4.79 Å². The van der Waals surface area contributed by atoms with Gasteiger partial charge in [0.25, 0.3) is 0 Å². The molecule has 3 nitrogen and oxygen atoms in total. The fraction of sp³-hybridized carbons (Fsp3) is 0.450. The van der Waals surface area contributed by atoms with Crippen LogP contribution in [0.25, 0.3) is 10.8 Å². The molecule has 0 radical (unpaired) electrons. The number of fused-ring (bicyclic) bond motifs is 1. The van der Waals surface area contributed by atoms with Gasteiger partial charge in [-0.3, -0.25) is 9.69 Å². The third-order valence-electron chi connectivity index (χ3n) is 4.87. The minimum atomic E-state index is -0.0980. The third-order valence-corrected chi connectivity index (χ3v) is 4.87. The fourth-order valence-electron chi connectivity index (χ4n) is 3.76. The number of hydrogen-bond donors (Lipinski definition) is 1. The number of hydrogen-bond acceptors (Lipinski definition) is 2. The number of rotatable bonds is 3. The van der Waals surface area contributed by atoms with Crippen molar-refractivity contribution in [3.63, 3.8) is 0 Å². The first-order chi connectivity index (χ1) is 11.0. The monoisotopic (exact) mass is 310 g/mol. The summed E-state index contributed by atoms with van der Waals surface area (Å²) in [7, 11) is 0. The zero-order valence-corrected chi connectivity index (χ0v) is 14.3. The summed E-state index contributed by atoms with van der Waals surface area (Å²) >= 11 is 0. The van der Waals surface area contributed by atoms with Gasteiger partial charge in [-0.15, -0.1) is 0 Å². The molecule has 0 bridgehead atoms. The Kier molecular flexibility index (Phi) is 4.67. The number of nitrogens with zero attached hydrogens (tertiary/aromatic N) is 1. The van der Waals surface area contributed by atoms with Crippen LogP contribution in [0.2, 0.25) is 0 Å². The lowest BCUT2D eigenvalue weighted by atomic mass is 9.91. The molecule has 3 heteroatoms. The highest BCUT2D eigenvalue weighted by Gasteiger charge is 2.28. The van der Waals surface area contributed by atoms with Crippen molar-refractivity contribution in [3.05, 3.63) is 42.5 Å². The predicted molar refractivity (Wildman–Crippen MR) is 96.6 cm³/mol. The number of benzene rings is 2. The van der Waals surface area contributed by atoms with Gasteiger partial charge in [0.15, 0.2) is 0 Å². The molecule has 1 fully saturated rings. The van der Waals surface area contributed by atoms with E-state index >= 15 is 0 Å². The molecule has 0 unspecified atom stereocenters. The molecule has 0 spiro atoms. The van der Waals surface area contributed by atoms with Crippen LogP contribution >= 0.6 is 0 Å². The molecule has 2 aromatic rings. The second-order valence-corrected chi connectivity index (χ2v) is 7.09. The van der Waals surface area contributed by atoms with Gasteiger partial charge >= 0.3 is 0 Å². The smallest absolute Gasteiger partial charge is 0.241 e. The van der Waals surface area contributed by atoms with E-state index in [4.69, 9.17) is 0 Å². The van der Waals surface area contributed by atoms with Crippen LogP contribution in [-0.4, -0.2) is 29.9 Å². The van der Waals surface area contributed by atoms with Gasteiger partial charge < -0.3 is 5.32 Å². The molecule has 1 amide bonds. The number of anilines is 1. The summed E-state index contributed by atoms with van der Waals surface area (Å²) in [5.41, 5.74) is 0.901. The van der Waals surface area contributed by atoms with Gasteiger partial charge in [0, 0.05) is 24.2 Å². The SMILES string of the molecule is C[C@@H]1C[C@@H](C)CN([C@@H](C)C(=O)Nc2cccc3ccccc23)C1. The zero-order chi connectivity index (χ0) is 16.4. The summed E-state index contributed by atoms with van der Waals surface area (Å²) in [5, 5.41) is 5.38. The molecule has 0 saturated carbocycles. The lowest BCUT2D eigenvalue weighted by Crippen LogP contribution is -2.48. The Hall–Kier alpha value is -1.87. The summed E-state index contributed by atoms with van der Waals surface area (Å²) < 4.78 is 0. The summed E-state index contributed by atoms with van der Waals surface area (Å²) in [6.07, 6.45) is 1.26. The van der Waals surface area contributed by atoms with Crippen molar-refractivity contribution in [1.82, 2.24) is 4.90 Å². The normalized spacial score (nSPS) is 23.6. The van der Waals surface area contributed by atoms with Gasteiger partial charge in [0.05, 0.1) is 6.04 Å². The fourth-order valence-corrected chi connectivity index (χ4v) is 3.76. The van der Waals surface area contributed by atoms with Crippen molar-refractivity contribution in [1.29, 1.82) is 0 Å². The summed E-state index contributed by atoms with van der Waals surface area (Å²) in [5.74, 6) is 1.40. The highest BCUT2D eigenvalue weighted by Crippen LogP contribution is 2.25. The maximum absolute atomic E-state index is 12.7. The van der Waals surface area contributed by atoms with E-state index < -0.39 is 0 Å². The van der Waals surface area contributed by atoms with Crippen LogP contribution < -0.4 is 5.32 Å². The van der Waals surface area contributed by atoms with E-state index in [0.29, 0.717) is 11.8 Å². The van der Waals surface area contributed by atoms with E-state index in [2.05, 4.69) is 42.3 Å². The molecule has 1 aliphatic rings. The van der Waals surface area contributed by atoms with E-state index in [1.54, 1.807) is 0 Å². The molecule has 3 rings (SSSR count). The van der Waals surface area contributed by atoms with Crippen LogP contribution in [0.1, 0.15) is 27.2 Å². The molecule has 0 aromatic heterocycles. The summed E-state index contributed by atoms with van der Waals surface area (Å²) in [6, 6.07) is 14.1. The molecular formula is C20H26N2O. The summed E-state index contributed by atoms with van der Waals surface area (Å²) in [6.45, 7) is 8.59. The van der Waals surface area contributed by atoms with E-state index in [9.17, 15) is 4.79 Å². The number of carbonyl (C=O) groups excluding carboxylic acids is 1. The maximum atomic E-state index is 12.7. The van der Waals surface area contributed by atoms with Gasteiger partial charge in [-0.2, -0.15) is 0 Å². The quantitative estimate of drug-likeness (QED) is 0.924. The molecule has 1 N–H and O–H groups in total. The standard InChI is InChI=1S/C20H26N2O/c1-14-11-15(2)13-22(12-14)16(3)20(23)21-19-10-6-8-17-7-4-5-9-18(17)19/h4-10,14-16H,11-13H2,1-3H3,(H,21,23)/t14-,15-,16+/m1/s1. The van der Waals surface area contributed by atoms with Gasteiger partial charge in [-0.25, -0.2) is 0 Å². The molecule has 23 heavy (non-hydrogen) atoms. The van der Waals surface area contributed by atoms with Crippen LogP contribution in [0.15, 0.2) is 42.5 Å². The molecule has 3 atom stereocenters. The second kappa shape index (κ2) is 6.71. The highest BCUT2D eigenvalue weighted by molar-refractivity contribution is 6.03. The largest absolute Gasteiger partial charge is 0.324 e. The molecule has 0 aliphatic carbocycles. The van der Waals surface area contributed by atoms with Crippen LogP contribution in [-0.2, 0) is 4.79 Å². The average molecular weight is 310 g/mol. The maximum Gasteiger partial charge on any atom is 0.241 e. The van der Waals surface area contributed by atoms with Gasteiger partial charge in [-0.05, 0) is 36.6 Å². The Labute approximate surface area is 138 Å². The molecular weight excluding hydrogens is 284 g/mol. The lowest BCUT2D eigenvalue weighted by Gasteiger charge is -2.38. The first-order valence-electron chi connectivity index (χ1n) is 8.57. The van der Waals surface area contributed by atoms with Crippen LogP contribution in [0.5, 0.6) is 0 Å². The molecule has 1 heterocycles. The Morgan fingerprint density at radius 1 is 1.09 bits per heavy atom. The Balaban J connectivity index is 1.75.